The molecule has 0 aromatic heterocycles. The number of esters is 3. The third kappa shape index (κ3) is 6.73. The minimum atomic E-state index is -1.15. The van der Waals surface area contributed by atoms with E-state index in [0.717, 1.165) is 0 Å². The molecular weight excluding hydrogens is 398 g/mol. The van der Waals surface area contributed by atoms with Crippen molar-refractivity contribution >= 4 is 23.8 Å². The molecule has 10 nitrogen and oxygen atoms in total. The first-order valence-electron chi connectivity index (χ1n) is 9.29. The Hall–Kier alpha value is -3.14. The number of para-hydroxylation sites is 1. The fourth-order valence-electron chi connectivity index (χ4n) is 3.02. The van der Waals surface area contributed by atoms with Crippen molar-refractivity contribution in [2.75, 3.05) is 6.61 Å². The van der Waals surface area contributed by atoms with E-state index in [1.807, 2.05) is 0 Å². The van der Waals surface area contributed by atoms with Crippen LogP contribution in [0.1, 0.15) is 27.7 Å². The fourth-order valence-corrected chi connectivity index (χ4v) is 3.02. The van der Waals surface area contributed by atoms with Crippen molar-refractivity contribution in [3.63, 3.8) is 0 Å². The molecule has 5 atom stereocenters. The Morgan fingerprint density at radius 2 is 1.50 bits per heavy atom. The summed E-state index contributed by atoms with van der Waals surface area (Å²) in [5.74, 6) is -1.93. The zero-order valence-electron chi connectivity index (χ0n) is 17.2. The third-order valence-electron chi connectivity index (χ3n) is 4.07. The van der Waals surface area contributed by atoms with Crippen molar-refractivity contribution in [2.45, 2.75) is 58.3 Å². The lowest BCUT2D eigenvalue weighted by Crippen LogP contribution is -2.67. The van der Waals surface area contributed by atoms with Gasteiger partial charge in [0, 0.05) is 27.7 Å². The summed E-state index contributed by atoms with van der Waals surface area (Å²) < 4.78 is 27.5. The molecule has 0 aliphatic carbocycles. The highest BCUT2D eigenvalue weighted by molar-refractivity contribution is 5.73. The topological polar surface area (TPSA) is 126 Å². The van der Waals surface area contributed by atoms with Gasteiger partial charge in [-0.25, -0.2) is 0 Å². The van der Waals surface area contributed by atoms with E-state index in [9.17, 15) is 19.2 Å². The van der Waals surface area contributed by atoms with Crippen LogP contribution < -0.4 is 10.1 Å². The zero-order valence-corrected chi connectivity index (χ0v) is 17.2. The molecule has 0 radical (unpaired) electrons. The maximum atomic E-state index is 11.8. The van der Waals surface area contributed by atoms with Crippen LogP contribution in [0.4, 0.5) is 0 Å². The molecular formula is C20H25NO9. The monoisotopic (exact) mass is 423 g/mol. The van der Waals surface area contributed by atoms with Crippen molar-refractivity contribution < 1.29 is 42.9 Å². The molecule has 1 aliphatic rings. The number of carbonyl (C=O) groups is 4. The number of rotatable bonds is 7. The second-order valence-corrected chi connectivity index (χ2v) is 6.65. The predicted octanol–water partition coefficient (Wildman–Crippen LogP) is 0.721. The van der Waals surface area contributed by atoms with Crippen LogP contribution in [-0.4, -0.2) is 61.1 Å². The van der Waals surface area contributed by atoms with Crippen molar-refractivity contribution in [2.24, 2.45) is 0 Å². The first-order valence-corrected chi connectivity index (χ1v) is 9.29. The van der Waals surface area contributed by atoms with Crippen LogP contribution in [0.15, 0.2) is 30.3 Å². The molecule has 1 aliphatic heterocycles. The number of hydrogen-bond acceptors (Lipinski definition) is 9. The minimum absolute atomic E-state index is 0.285. The van der Waals surface area contributed by atoms with Gasteiger partial charge in [-0.3, -0.25) is 19.2 Å². The van der Waals surface area contributed by atoms with E-state index in [-0.39, 0.29) is 6.61 Å². The molecule has 5 unspecified atom stereocenters. The zero-order chi connectivity index (χ0) is 22.3. The Balaban J connectivity index is 2.42. The summed E-state index contributed by atoms with van der Waals surface area (Å²) in [6, 6.07) is 7.62. The second-order valence-electron chi connectivity index (χ2n) is 6.65. The van der Waals surface area contributed by atoms with E-state index < -0.39 is 54.5 Å². The number of amides is 1. The van der Waals surface area contributed by atoms with Crippen LogP contribution in [0.25, 0.3) is 0 Å². The van der Waals surface area contributed by atoms with E-state index in [0.29, 0.717) is 5.75 Å². The van der Waals surface area contributed by atoms with Crippen molar-refractivity contribution in [3.05, 3.63) is 30.3 Å². The number of carbonyl (C=O) groups excluding carboxylic acids is 4. The molecule has 30 heavy (non-hydrogen) atoms. The Morgan fingerprint density at radius 1 is 0.900 bits per heavy atom. The SMILES string of the molecule is CC(=O)NC1C(Oc2ccccc2)OC(COC(C)=O)C(OC(C)=O)C1OC(C)=O. The molecule has 1 saturated heterocycles. The molecule has 1 aromatic carbocycles. The van der Waals surface area contributed by atoms with E-state index in [4.69, 9.17) is 23.7 Å². The molecule has 10 heteroatoms. The quantitative estimate of drug-likeness (QED) is 0.498. The molecule has 0 saturated carbocycles. The lowest BCUT2D eigenvalue weighted by molar-refractivity contribution is -0.257. The smallest absolute Gasteiger partial charge is 0.303 e. The van der Waals surface area contributed by atoms with Gasteiger partial charge in [0.1, 0.15) is 24.5 Å². The average Bonchev–Trinajstić information content (AvgIpc) is 2.64. The van der Waals surface area contributed by atoms with Gasteiger partial charge in [-0.05, 0) is 12.1 Å². The van der Waals surface area contributed by atoms with Crippen LogP contribution in [-0.2, 0) is 38.1 Å². The highest BCUT2D eigenvalue weighted by Crippen LogP contribution is 2.29. The van der Waals surface area contributed by atoms with Crippen LogP contribution in [0.2, 0.25) is 0 Å². The van der Waals surface area contributed by atoms with E-state index in [1.165, 1.54) is 27.7 Å². The number of benzene rings is 1. The lowest BCUT2D eigenvalue weighted by atomic mass is 9.96. The summed E-state index contributed by atoms with van der Waals surface area (Å²) in [5.41, 5.74) is 0. The maximum absolute atomic E-state index is 11.8. The molecule has 2 rings (SSSR count). The highest BCUT2D eigenvalue weighted by atomic mass is 16.7. The van der Waals surface area contributed by atoms with Gasteiger partial charge in [0.2, 0.25) is 12.2 Å². The molecule has 164 valence electrons. The van der Waals surface area contributed by atoms with Crippen LogP contribution in [0, 0.1) is 0 Å². The van der Waals surface area contributed by atoms with Gasteiger partial charge in [0.15, 0.2) is 12.2 Å². The van der Waals surface area contributed by atoms with E-state index in [2.05, 4.69) is 5.32 Å². The van der Waals surface area contributed by atoms with Gasteiger partial charge >= 0.3 is 17.9 Å². The number of ether oxygens (including phenoxy) is 5. The third-order valence-corrected chi connectivity index (χ3v) is 4.07. The first-order chi connectivity index (χ1) is 14.2. The molecule has 1 heterocycles. The maximum Gasteiger partial charge on any atom is 0.303 e. The van der Waals surface area contributed by atoms with Gasteiger partial charge in [0.05, 0.1) is 0 Å². The Morgan fingerprint density at radius 3 is 2.03 bits per heavy atom. The van der Waals surface area contributed by atoms with Crippen LogP contribution in [0.3, 0.4) is 0 Å². The van der Waals surface area contributed by atoms with Gasteiger partial charge in [-0.15, -0.1) is 0 Å². The number of hydrogen-bond donors (Lipinski definition) is 1. The van der Waals surface area contributed by atoms with Gasteiger partial charge < -0.3 is 29.0 Å². The van der Waals surface area contributed by atoms with Crippen molar-refractivity contribution in [3.8, 4) is 5.75 Å². The first kappa shape index (κ1) is 23.1. The summed E-state index contributed by atoms with van der Waals surface area (Å²) in [6.07, 6.45) is -4.45. The van der Waals surface area contributed by atoms with Crippen LogP contribution in [0.5, 0.6) is 5.75 Å². The Kier molecular flexibility index (Phi) is 8.16. The van der Waals surface area contributed by atoms with Crippen molar-refractivity contribution in [1.82, 2.24) is 5.32 Å². The number of nitrogens with one attached hydrogen (secondary N) is 1. The van der Waals surface area contributed by atoms with Crippen molar-refractivity contribution in [1.29, 1.82) is 0 Å². The lowest BCUT2D eigenvalue weighted by Gasteiger charge is -2.44. The molecule has 0 bridgehead atoms. The predicted molar refractivity (Wildman–Crippen MR) is 101 cm³/mol. The molecule has 1 aromatic rings. The fraction of sp³-hybridized carbons (Fsp3) is 0.500. The van der Waals surface area contributed by atoms with Gasteiger partial charge in [-0.1, -0.05) is 18.2 Å². The Bertz CT molecular complexity index is 767. The highest BCUT2D eigenvalue weighted by Gasteiger charge is 2.51. The second kappa shape index (κ2) is 10.6. The van der Waals surface area contributed by atoms with E-state index in [1.54, 1.807) is 30.3 Å². The summed E-state index contributed by atoms with van der Waals surface area (Å²) in [4.78, 5) is 46.6. The summed E-state index contributed by atoms with van der Waals surface area (Å²) in [7, 11) is 0. The largest absolute Gasteiger partial charge is 0.463 e. The normalized spacial score (nSPS) is 25.5. The molecule has 1 amide bonds. The van der Waals surface area contributed by atoms with E-state index >= 15 is 0 Å². The molecule has 1 fully saturated rings. The summed E-state index contributed by atoms with van der Waals surface area (Å²) in [6.45, 7) is 4.56. The Labute approximate surface area is 173 Å². The minimum Gasteiger partial charge on any atom is -0.463 e. The van der Waals surface area contributed by atoms with Gasteiger partial charge in [0.25, 0.3) is 0 Å². The summed E-state index contributed by atoms with van der Waals surface area (Å²) in [5, 5.41) is 2.63. The summed E-state index contributed by atoms with van der Waals surface area (Å²) >= 11 is 0. The average molecular weight is 423 g/mol. The molecule has 1 N–H and O–H groups in total. The molecule has 0 spiro atoms. The van der Waals surface area contributed by atoms with Crippen LogP contribution >= 0.6 is 0 Å². The standard InChI is InChI=1S/C20H25NO9/c1-11(22)21-17-19(28-14(4)25)18(27-13(3)24)16(10-26-12(2)23)30-20(17)29-15-8-6-5-7-9-15/h5-9,16-20H,10H2,1-4H3,(H,21,22). The van der Waals surface area contributed by atoms with Gasteiger partial charge in [-0.2, -0.15) is 0 Å².